The van der Waals surface area contributed by atoms with Crippen LogP contribution in [0.1, 0.15) is 25.5 Å². The number of fused-ring (bicyclic) bond motifs is 3. The average molecular weight is 229 g/mol. The van der Waals surface area contributed by atoms with Crippen LogP contribution in [-0.2, 0) is 4.74 Å². The van der Waals surface area contributed by atoms with Crippen LogP contribution in [0, 0.1) is 5.82 Å². The number of ether oxygens (including phenoxy) is 2. The van der Waals surface area contributed by atoms with Gasteiger partial charge in [-0.25, -0.2) is 4.39 Å². The molecule has 4 heteroatoms. The normalized spacial score (nSPS) is 30.1. The lowest BCUT2D eigenvalue weighted by atomic mass is 9.94. The van der Waals surface area contributed by atoms with Crippen LogP contribution in [0.5, 0.6) is 5.75 Å². The van der Waals surface area contributed by atoms with Gasteiger partial charge in [-0.1, -0.05) is 11.6 Å². The van der Waals surface area contributed by atoms with Crippen molar-refractivity contribution in [3.63, 3.8) is 0 Å². The van der Waals surface area contributed by atoms with Gasteiger partial charge in [-0.15, -0.1) is 0 Å². The van der Waals surface area contributed by atoms with Crippen molar-refractivity contribution in [2.45, 2.75) is 31.7 Å². The van der Waals surface area contributed by atoms with Crippen molar-refractivity contribution in [3.8, 4) is 5.75 Å². The summed E-state index contributed by atoms with van der Waals surface area (Å²) in [4.78, 5) is 0. The smallest absolute Gasteiger partial charge is 0.142 e. The molecule has 0 aromatic heterocycles. The molecule has 0 N–H and O–H groups in total. The van der Waals surface area contributed by atoms with Crippen LogP contribution in [0.15, 0.2) is 12.1 Å². The number of rotatable bonds is 0. The maximum atomic E-state index is 13.2. The Labute approximate surface area is 91.9 Å². The van der Waals surface area contributed by atoms with Crippen molar-refractivity contribution in [3.05, 3.63) is 28.5 Å². The maximum Gasteiger partial charge on any atom is 0.142 e. The molecule has 80 valence electrons. The van der Waals surface area contributed by atoms with Crippen molar-refractivity contribution in [1.29, 1.82) is 0 Å². The van der Waals surface area contributed by atoms with Crippen molar-refractivity contribution in [2.24, 2.45) is 0 Å². The summed E-state index contributed by atoms with van der Waals surface area (Å²) < 4.78 is 24.5. The van der Waals surface area contributed by atoms with E-state index in [4.69, 9.17) is 21.1 Å². The molecule has 0 spiro atoms. The number of hydrogen-bond donors (Lipinski definition) is 0. The van der Waals surface area contributed by atoms with Gasteiger partial charge in [0.15, 0.2) is 0 Å². The van der Waals surface area contributed by atoms with Crippen molar-refractivity contribution < 1.29 is 13.9 Å². The Morgan fingerprint density at radius 1 is 1.40 bits per heavy atom. The first-order valence-electron chi connectivity index (χ1n) is 4.82. The molecular weight excluding hydrogens is 219 g/mol. The summed E-state index contributed by atoms with van der Waals surface area (Å²) in [6, 6.07) is 2.92. The second-order valence-corrected chi connectivity index (χ2v) is 4.89. The topological polar surface area (TPSA) is 21.8 Å². The Balaban J connectivity index is 2.13. The fraction of sp³-hybridized carbons (Fsp3) is 0.455. The average Bonchev–Trinajstić information content (AvgIpc) is 2.89. The molecular formula is C11H10ClFO2. The fourth-order valence-corrected chi connectivity index (χ4v) is 2.23. The molecule has 2 aliphatic rings. The summed E-state index contributed by atoms with van der Waals surface area (Å²) in [6.45, 7) is 3.91. The van der Waals surface area contributed by atoms with E-state index in [2.05, 4.69) is 0 Å². The molecule has 0 bridgehead atoms. The summed E-state index contributed by atoms with van der Waals surface area (Å²) >= 11 is 5.70. The van der Waals surface area contributed by atoms with E-state index in [1.165, 1.54) is 12.1 Å². The second kappa shape index (κ2) is 2.66. The molecule has 1 fully saturated rings. The summed E-state index contributed by atoms with van der Waals surface area (Å²) in [6.07, 6.45) is 0.00101. The summed E-state index contributed by atoms with van der Waals surface area (Å²) in [5, 5.41) is 0.0867. The third-order valence-corrected chi connectivity index (χ3v) is 3.20. The van der Waals surface area contributed by atoms with E-state index >= 15 is 0 Å². The molecule has 1 aromatic rings. The van der Waals surface area contributed by atoms with E-state index in [-0.39, 0.29) is 22.8 Å². The second-order valence-electron chi connectivity index (χ2n) is 4.49. The lowest BCUT2D eigenvalue weighted by Gasteiger charge is -2.29. The Kier molecular flexibility index (Phi) is 1.67. The van der Waals surface area contributed by atoms with Gasteiger partial charge in [-0.2, -0.15) is 0 Å². The number of epoxide rings is 1. The third kappa shape index (κ3) is 1.26. The molecule has 1 aromatic carbocycles. The van der Waals surface area contributed by atoms with E-state index in [0.29, 0.717) is 5.75 Å². The number of hydrogen-bond acceptors (Lipinski definition) is 2. The lowest BCUT2D eigenvalue weighted by Crippen LogP contribution is -2.37. The fourth-order valence-electron chi connectivity index (χ4n) is 2.07. The molecule has 15 heavy (non-hydrogen) atoms. The van der Waals surface area contributed by atoms with Gasteiger partial charge in [-0.05, 0) is 19.9 Å². The zero-order chi connectivity index (χ0) is 10.8. The first-order chi connectivity index (χ1) is 6.99. The first kappa shape index (κ1) is 9.43. The van der Waals surface area contributed by atoms with Gasteiger partial charge in [-0.3, -0.25) is 0 Å². The Hall–Kier alpha value is -0.800. The molecule has 0 aliphatic carbocycles. The van der Waals surface area contributed by atoms with Gasteiger partial charge in [0.25, 0.3) is 0 Å². The van der Waals surface area contributed by atoms with Crippen LogP contribution in [-0.4, -0.2) is 11.7 Å². The summed E-state index contributed by atoms with van der Waals surface area (Å²) in [7, 11) is 0. The van der Waals surface area contributed by atoms with Gasteiger partial charge >= 0.3 is 0 Å². The maximum absolute atomic E-state index is 13.2. The SMILES string of the molecule is CC1(C)Oc2cc(Cl)c(F)cc2C2OC21. The van der Waals surface area contributed by atoms with Gasteiger partial charge < -0.3 is 9.47 Å². The van der Waals surface area contributed by atoms with Crippen LogP contribution < -0.4 is 4.74 Å². The molecule has 2 nitrogen and oxygen atoms in total. The molecule has 2 aliphatic heterocycles. The highest BCUT2D eigenvalue weighted by Crippen LogP contribution is 2.54. The minimum Gasteiger partial charge on any atom is -0.485 e. The van der Waals surface area contributed by atoms with E-state index in [1.807, 2.05) is 13.8 Å². The molecule has 3 rings (SSSR count). The van der Waals surface area contributed by atoms with Crippen LogP contribution in [0.25, 0.3) is 0 Å². The largest absolute Gasteiger partial charge is 0.485 e. The van der Waals surface area contributed by atoms with Gasteiger partial charge in [0.1, 0.15) is 29.4 Å². The van der Waals surface area contributed by atoms with Gasteiger partial charge in [0.2, 0.25) is 0 Å². The van der Waals surface area contributed by atoms with Crippen molar-refractivity contribution in [1.82, 2.24) is 0 Å². The molecule has 2 heterocycles. The van der Waals surface area contributed by atoms with E-state index in [0.717, 1.165) is 5.56 Å². The molecule has 0 amide bonds. The Morgan fingerprint density at radius 2 is 2.13 bits per heavy atom. The van der Waals surface area contributed by atoms with Crippen LogP contribution >= 0.6 is 11.6 Å². The van der Waals surface area contributed by atoms with Crippen LogP contribution in [0.2, 0.25) is 5.02 Å². The molecule has 2 atom stereocenters. The summed E-state index contributed by atoms with van der Waals surface area (Å²) in [5.74, 6) is 0.207. The Bertz CT molecular complexity index is 444. The highest BCUT2D eigenvalue weighted by molar-refractivity contribution is 6.30. The van der Waals surface area contributed by atoms with E-state index < -0.39 is 5.82 Å². The van der Waals surface area contributed by atoms with Gasteiger partial charge in [0, 0.05) is 11.6 Å². The zero-order valence-corrected chi connectivity index (χ0v) is 9.14. The van der Waals surface area contributed by atoms with Crippen LogP contribution in [0.3, 0.4) is 0 Å². The predicted octanol–water partition coefficient (Wildman–Crippen LogP) is 3.09. The summed E-state index contributed by atoms with van der Waals surface area (Å²) in [5.41, 5.74) is 0.403. The van der Waals surface area contributed by atoms with E-state index in [1.54, 1.807) is 0 Å². The highest BCUT2D eigenvalue weighted by Gasteiger charge is 2.56. The van der Waals surface area contributed by atoms with Crippen molar-refractivity contribution >= 4 is 11.6 Å². The minimum absolute atomic E-state index is 0.0319. The molecule has 0 saturated carbocycles. The standard InChI is InChI=1S/C11H10ClFO2/c1-11(2)10-9(14-10)5-3-7(13)6(12)4-8(5)15-11/h3-4,9-10H,1-2H3. The third-order valence-electron chi connectivity index (χ3n) is 2.91. The molecule has 1 saturated heterocycles. The van der Waals surface area contributed by atoms with Gasteiger partial charge in [0.05, 0.1) is 5.02 Å². The zero-order valence-electron chi connectivity index (χ0n) is 8.38. The van der Waals surface area contributed by atoms with Crippen molar-refractivity contribution in [2.75, 3.05) is 0 Å². The predicted molar refractivity (Wildman–Crippen MR) is 53.7 cm³/mol. The number of halogens is 2. The highest BCUT2D eigenvalue weighted by atomic mass is 35.5. The van der Waals surface area contributed by atoms with Crippen LogP contribution in [0.4, 0.5) is 4.39 Å². The quantitative estimate of drug-likeness (QED) is 0.637. The first-order valence-corrected chi connectivity index (χ1v) is 5.20. The minimum atomic E-state index is -0.423. The lowest BCUT2D eigenvalue weighted by molar-refractivity contribution is 0.0724. The monoisotopic (exact) mass is 228 g/mol. The Morgan fingerprint density at radius 3 is 2.87 bits per heavy atom. The number of benzene rings is 1. The molecule has 2 unspecified atom stereocenters. The molecule has 0 radical (unpaired) electrons. The van der Waals surface area contributed by atoms with E-state index in [9.17, 15) is 4.39 Å².